The first kappa shape index (κ1) is 16.9. The lowest BCUT2D eigenvalue weighted by Crippen LogP contribution is -2.17. The van der Waals surface area contributed by atoms with Crippen LogP contribution in [0.1, 0.15) is 0 Å². The van der Waals surface area contributed by atoms with E-state index in [4.69, 9.17) is 0 Å². The van der Waals surface area contributed by atoms with Gasteiger partial charge in [-0.3, -0.25) is 0 Å². The van der Waals surface area contributed by atoms with Gasteiger partial charge in [-0.15, -0.1) is 13.2 Å². The number of nitrogens with zero attached hydrogens (tertiary/aromatic N) is 3. The SMILES string of the molecule is CN(C)c1nc(-c2ccccc2F)nc2ccc(OC(F)(F)F)cc12. The molecule has 0 spiro atoms. The summed E-state index contributed by atoms with van der Waals surface area (Å²) >= 11 is 0. The van der Waals surface area contributed by atoms with E-state index in [-0.39, 0.29) is 17.1 Å². The molecule has 1 aromatic heterocycles. The van der Waals surface area contributed by atoms with Gasteiger partial charge in [-0.05, 0) is 30.3 Å². The van der Waals surface area contributed by atoms with E-state index in [1.165, 1.54) is 24.3 Å². The fourth-order valence-corrected chi connectivity index (χ4v) is 2.39. The van der Waals surface area contributed by atoms with Crippen molar-refractivity contribution < 1.29 is 22.3 Å². The van der Waals surface area contributed by atoms with E-state index in [1.54, 1.807) is 31.1 Å². The summed E-state index contributed by atoms with van der Waals surface area (Å²) in [6.45, 7) is 0. The molecule has 25 heavy (non-hydrogen) atoms. The molecule has 0 aliphatic rings. The van der Waals surface area contributed by atoms with E-state index in [1.807, 2.05) is 0 Å². The summed E-state index contributed by atoms with van der Waals surface area (Å²) in [7, 11) is 3.37. The topological polar surface area (TPSA) is 38.2 Å². The molecular formula is C17H13F4N3O. The monoisotopic (exact) mass is 351 g/mol. The Kier molecular flexibility index (Phi) is 4.20. The molecule has 0 aliphatic carbocycles. The average Bonchev–Trinajstić information content (AvgIpc) is 2.52. The zero-order valence-corrected chi connectivity index (χ0v) is 13.3. The number of aromatic nitrogens is 2. The summed E-state index contributed by atoms with van der Waals surface area (Å²) in [4.78, 5) is 10.2. The third kappa shape index (κ3) is 3.62. The summed E-state index contributed by atoms with van der Waals surface area (Å²) in [6.07, 6.45) is -4.79. The maximum Gasteiger partial charge on any atom is 0.573 e. The number of alkyl halides is 3. The molecule has 4 nitrogen and oxygen atoms in total. The van der Waals surface area contributed by atoms with Gasteiger partial charge in [0, 0.05) is 19.5 Å². The van der Waals surface area contributed by atoms with Crippen molar-refractivity contribution in [1.29, 1.82) is 0 Å². The summed E-state index contributed by atoms with van der Waals surface area (Å²) in [5.41, 5.74) is 0.592. The van der Waals surface area contributed by atoms with Gasteiger partial charge in [0.05, 0.1) is 11.1 Å². The normalized spacial score (nSPS) is 11.6. The van der Waals surface area contributed by atoms with Gasteiger partial charge in [0.1, 0.15) is 17.4 Å². The molecule has 0 fully saturated rings. The molecule has 0 aliphatic heterocycles. The standard InChI is InChI=1S/C17H13F4N3O/c1-24(2)16-12-9-10(25-17(19,20)21)7-8-14(12)22-15(23-16)11-5-3-4-6-13(11)18/h3-9H,1-2H3. The number of halogens is 4. The molecule has 1 heterocycles. The predicted molar refractivity (Wildman–Crippen MR) is 85.9 cm³/mol. The molecule has 0 atom stereocenters. The van der Waals surface area contributed by atoms with Crippen LogP contribution < -0.4 is 9.64 Å². The highest BCUT2D eigenvalue weighted by Crippen LogP contribution is 2.32. The maximum atomic E-state index is 14.0. The maximum absolute atomic E-state index is 14.0. The highest BCUT2D eigenvalue weighted by Gasteiger charge is 2.31. The molecular weight excluding hydrogens is 338 g/mol. The average molecular weight is 351 g/mol. The van der Waals surface area contributed by atoms with Gasteiger partial charge in [-0.25, -0.2) is 14.4 Å². The second kappa shape index (κ2) is 6.19. The smallest absolute Gasteiger partial charge is 0.406 e. The van der Waals surface area contributed by atoms with E-state index in [0.29, 0.717) is 16.7 Å². The second-order valence-electron chi connectivity index (χ2n) is 5.47. The van der Waals surface area contributed by atoms with Gasteiger partial charge in [0.25, 0.3) is 0 Å². The summed E-state index contributed by atoms with van der Waals surface area (Å²) in [6, 6.07) is 9.79. The zero-order chi connectivity index (χ0) is 18.2. The highest BCUT2D eigenvalue weighted by molar-refractivity contribution is 5.92. The number of ether oxygens (including phenoxy) is 1. The molecule has 0 unspecified atom stereocenters. The fourth-order valence-electron chi connectivity index (χ4n) is 2.39. The van der Waals surface area contributed by atoms with Crippen LogP contribution in [0.3, 0.4) is 0 Å². The van der Waals surface area contributed by atoms with E-state index < -0.39 is 12.2 Å². The van der Waals surface area contributed by atoms with Crippen LogP contribution in [0, 0.1) is 5.82 Å². The van der Waals surface area contributed by atoms with Crippen LogP contribution in [0.15, 0.2) is 42.5 Å². The van der Waals surface area contributed by atoms with Crippen LogP contribution in [-0.4, -0.2) is 30.4 Å². The van der Waals surface area contributed by atoms with Gasteiger partial charge in [0.2, 0.25) is 0 Å². The third-order valence-electron chi connectivity index (χ3n) is 3.42. The first-order chi connectivity index (χ1) is 11.7. The van der Waals surface area contributed by atoms with Crippen LogP contribution in [0.5, 0.6) is 5.75 Å². The molecule has 3 aromatic rings. The fraction of sp³-hybridized carbons (Fsp3) is 0.176. The van der Waals surface area contributed by atoms with Crippen molar-refractivity contribution in [1.82, 2.24) is 9.97 Å². The van der Waals surface area contributed by atoms with Gasteiger partial charge in [0.15, 0.2) is 5.82 Å². The van der Waals surface area contributed by atoms with Gasteiger partial charge < -0.3 is 9.64 Å². The zero-order valence-electron chi connectivity index (χ0n) is 13.3. The molecule has 0 radical (unpaired) electrons. The first-order valence-corrected chi connectivity index (χ1v) is 7.24. The summed E-state index contributed by atoms with van der Waals surface area (Å²) in [5, 5.41) is 0.367. The first-order valence-electron chi connectivity index (χ1n) is 7.24. The van der Waals surface area contributed by atoms with E-state index in [9.17, 15) is 17.6 Å². The second-order valence-corrected chi connectivity index (χ2v) is 5.47. The Morgan fingerprint density at radius 3 is 2.36 bits per heavy atom. The summed E-state index contributed by atoms with van der Waals surface area (Å²) < 4.78 is 55.2. The number of hydrogen-bond donors (Lipinski definition) is 0. The van der Waals surface area contributed by atoms with E-state index in [2.05, 4.69) is 14.7 Å². The van der Waals surface area contributed by atoms with Crippen LogP contribution in [0.4, 0.5) is 23.4 Å². The van der Waals surface area contributed by atoms with E-state index in [0.717, 1.165) is 6.07 Å². The van der Waals surface area contributed by atoms with Crippen LogP contribution in [0.2, 0.25) is 0 Å². The van der Waals surface area contributed by atoms with Crippen molar-refractivity contribution in [2.45, 2.75) is 6.36 Å². The lowest BCUT2D eigenvalue weighted by Gasteiger charge is -2.17. The van der Waals surface area contributed by atoms with E-state index >= 15 is 0 Å². The van der Waals surface area contributed by atoms with Crippen molar-refractivity contribution in [3.8, 4) is 17.1 Å². The minimum atomic E-state index is -4.79. The summed E-state index contributed by atoms with van der Waals surface area (Å²) in [5.74, 6) is -0.344. The highest BCUT2D eigenvalue weighted by atomic mass is 19.4. The molecule has 0 N–H and O–H groups in total. The molecule has 130 valence electrons. The van der Waals surface area contributed by atoms with Gasteiger partial charge in [-0.2, -0.15) is 0 Å². The lowest BCUT2D eigenvalue weighted by molar-refractivity contribution is -0.274. The molecule has 0 saturated heterocycles. The van der Waals surface area contributed by atoms with Gasteiger partial charge >= 0.3 is 6.36 Å². The van der Waals surface area contributed by atoms with Crippen molar-refractivity contribution >= 4 is 16.7 Å². The molecule has 0 saturated carbocycles. The Hall–Kier alpha value is -2.90. The van der Waals surface area contributed by atoms with Crippen LogP contribution >= 0.6 is 0 Å². The minimum Gasteiger partial charge on any atom is -0.406 e. The Labute approximate surface area is 140 Å². The van der Waals surface area contributed by atoms with Crippen molar-refractivity contribution in [2.24, 2.45) is 0 Å². The Morgan fingerprint density at radius 1 is 1.00 bits per heavy atom. The van der Waals surface area contributed by atoms with Crippen molar-refractivity contribution in [3.05, 3.63) is 48.3 Å². The molecule has 8 heteroatoms. The quantitative estimate of drug-likeness (QED) is 0.656. The lowest BCUT2D eigenvalue weighted by atomic mass is 10.1. The van der Waals surface area contributed by atoms with Gasteiger partial charge in [-0.1, -0.05) is 12.1 Å². The van der Waals surface area contributed by atoms with Crippen LogP contribution in [-0.2, 0) is 0 Å². The number of fused-ring (bicyclic) bond motifs is 1. The van der Waals surface area contributed by atoms with Crippen molar-refractivity contribution in [3.63, 3.8) is 0 Å². The Morgan fingerprint density at radius 2 is 1.72 bits per heavy atom. The molecule has 0 bridgehead atoms. The predicted octanol–water partition coefficient (Wildman–Crippen LogP) is 4.40. The van der Waals surface area contributed by atoms with Crippen LogP contribution in [0.25, 0.3) is 22.3 Å². The molecule has 2 aromatic carbocycles. The number of benzene rings is 2. The number of hydrogen-bond acceptors (Lipinski definition) is 4. The largest absolute Gasteiger partial charge is 0.573 e. The molecule has 0 amide bonds. The number of rotatable bonds is 3. The van der Waals surface area contributed by atoms with Crippen molar-refractivity contribution in [2.75, 3.05) is 19.0 Å². The number of anilines is 1. The minimum absolute atomic E-state index is 0.152. The Balaban J connectivity index is 2.19. The molecule has 3 rings (SSSR count). The Bertz CT molecular complexity index is 925. The third-order valence-corrected chi connectivity index (χ3v) is 3.42.